The zero-order valence-corrected chi connectivity index (χ0v) is 12.8. The van der Waals surface area contributed by atoms with Gasteiger partial charge in [-0.3, -0.25) is 0 Å². The Labute approximate surface area is 128 Å². The Hall–Kier alpha value is -2.40. The van der Waals surface area contributed by atoms with Gasteiger partial charge >= 0.3 is 0 Å². The minimum atomic E-state index is -0.909. The van der Waals surface area contributed by atoms with Crippen LogP contribution in [-0.4, -0.2) is 27.3 Å². The Morgan fingerprint density at radius 1 is 1.27 bits per heavy atom. The van der Waals surface area contributed by atoms with Crippen molar-refractivity contribution >= 4 is 11.0 Å². The third-order valence-electron chi connectivity index (χ3n) is 3.22. The molecular formula is C17H18N2O3. The average Bonchev–Trinajstić information content (AvgIpc) is 2.89. The van der Waals surface area contributed by atoms with Gasteiger partial charge in [-0.05, 0) is 26.8 Å². The van der Waals surface area contributed by atoms with Crippen LogP contribution < -0.4 is 4.74 Å². The van der Waals surface area contributed by atoms with E-state index in [1.165, 1.54) is 0 Å². The molecule has 0 saturated heterocycles. The molecule has 2 aromatic heterocycles. The molecule has 0 amide bonds. The fraction of sp³-hybridized carbons (Fsp3) is 0.294. The van der Waals surface area contributed by atoms with E-state index in [-0.39, 0.29) is 6.61 Å². The maximum atomic E-state index is 9.71. The number of nitrogens with zero attached hydrogens (tertiary/aromatic N) is 2. The summed E-state index contributed by atoms with van der Waals surface area (Å²) in [5.74, 6) is 0.429. The van der Waals surface area contributed by atoms with Gasteiger partial charge in [0.15, 0.2) is 0 Å². The molecule has 22 heavy (non-hydrogen) atoms. The lowest BCUT2D eigenvalue weighted by molar-refractivity contribution is 0.0264. The van der Waals surface area contributed by atoms with Gasteiger partial charge in [-0.25, -0.2) is 9.97 Å². The van der Waals surface area contributed by atoms with E-state index in [0.29, 0.717) is 11.6 Å². The predicted octanol–water partition coefficient (Wildman–Crippen LogP) is 3.35. The molecule has 0 unspecified atom stereocenters. The van der Waals surface area contributed by atoms with Crippen molar-refractivity contribution in [3.05, 3.63) is 42.4 Å². The molecule has 0 saturated carbocycles. The number of aliphatic hydroxyl groups is 1. The van der Waals surface area contributed by atoms with Gasteiger partial charge in [-0.15, -0.1) is 0 Å². The molecule has 0 spiro atoms. The van der Waals surface area contributed by atoms with Crippen LogP contribution in [0.3, 0.4) is 0 Å². The summed E-state index contributed by atoms with van der Waals surface area (Å²) < 4.78 is 11.0. The summed E-state index contributed by atoms with van der Waals surface area (Å²) in [6.07, 6.45) is 3.34. The summed E-state index contributed by atoms with van der Waals surface area (Å²) in [5.41, 5.74) is 2.22. The number of hydrogen-bond acceptors (Lipinski definition) is 5. The molecule has 1 aromatic carbocycles. The highest BCUT2D eigenvalue weighted by Gasteiger charge is 2.16. The van der Waals surface area contributed by atoms with Gasteiger partial charge in [0.2, 0.25) is 5.88 Å². The second-order valence-corrected chi connectivity index (χ2v) is 5.89. The highest BCUT2D eigenvalue weighted by molar-refractivity contribution is 5.92. The molecular weight excluding hydrogens is 280 g/mol. The van der Waals surface area contributed by atoms with E-state index in [1.807, 2.05) is 31.2 Å². The lowest BCUT2D eigenvalue weighted by Gasteiger charge is -2.17. The second-order valence-electron chi connectivity index (χ2n) is 5.89. The summed E-state index contributed by atoms with van der Waals surface area (Å²) >= 11 is 0. The van der Waals surface area contributed by atoms with Gasteiger partial charge in [0.05, 0.1) is 17.5 Å². The molecule has 5 nitrogen and oxygen atoms in total. The summed E-state index contributed by atoms with van der Waals surface area (Å²) in [5, 5.41) is 10.7. The van der Waals surface area contributed by atoms with E-state index in [9.17, 15) is 5.11 Å². The van der Waals surface area contributed by atoms with Crippen molar-refractivity contribution in [1.82, 2.24) is 9.97 Å². The first-order chi connectivity index (χ1) is 10.4. The van der Waals surface area contributed by atoms with E-state index in [0.717, 1.165) is 22.2 Å². The molecule has 0 fully saturated rings. The van der Waals surface area contributed by atoms with Crippen LogP contribution in [0.25, 0.3) is 22.2 Å². The van der Waals surface area contributed by atoms with Gasteiger partial charge in [-0.2, -0.15) is 0 Å². The maximum absolute atomic E-state index is 9.71. The first-order valence-corrected chi connectivity index (χ1v) is 7.09. The summed E-state index contributed by atoms with van der Waals surface area (Å²) in [6.45, 7) is 5.36. The number of rotatable bonds is 4. The van der Waals surface area contributed by atoms with Crippen molar-refractivity contribution in [3.8, 4) is 17.1 Å². The summed E-state index contributed by atoms with van der Waals surface area (Å²) in [4.78, 5) is 8.84. The first kappa shape index (κ1) is 14.5. The Bertz CT molecular complexity index is 803. The monoisotopic (exact) mass is 298 g/mol. The number of aryl methyl sites for hydroxylation is 1. The number of aromatic nitrogens is 2. The second kappa shape index (κ2) is 5.42. The molecule has 0 atom stereocenters. The topological polar surface area (TPSA) is 68.4 Å². The Balaban J connectivity index is 1.92. The summed E-state index contributed by atoms with van der Waals surface area (Å²) in [7, 11) is 0. The minimum Gasteiger partial charge on any atom is -0.473 e. The number of fused-ring (bicyclic) bond motifs is 1. The van der Waals surface area contributed by atoms with Crippen LogP contribution in [-0.2, 0) is 0 Å². The molecule has 114 valence electrons. The van der Waals surface area contributed by atoms with Crippen molar-refractivity contribution in [2.45, 2.75) is 26.4 Å². The van der Waals surface area contributed by atoms with Crippen molar-refractivity contribution < 1.29 is 14.3 Å². The van der Waals surface area contributed by atoms with Crippen molar-refractivity contribution in [2.24, 2.45) is 0 Å². The van der Waals surface area contributed by atoms with E-state index in [1.54, 1.807) is 26.3 Å². The zero-order valence-electron chi connectivity index (χ0n) is 12.8. The van der Waals surface area contributed by atoms with Gasteiger partial charge in [0, 0.05) is 10.9 Å². The fourth-order valence-corrected chi connectivity index (χ4v) is 2.16. The van der Waals surface area contributed by atoms with Crippen LogP contribution in [0.4, 0.5) is 0 Å². The van der Waals surface area contributed by atoms with E-state index >= 15 is 0 Å². The quantitative estimate of drug-likeness (QED) is 0.800. The van der Waals surface area contributed by atoms with Crippen LogP contribution in [0.15, 0.2) is 41.1 Å². The SMILES string of the molecule is Cc1nc(-c2coc3ccccc23)cnc1OCC(C)(C)O. The minimum absolute atomic E-state index is 0.163. The van der Waals surface area contributed by atoms with E-state index in [2.05, 4.69) is 9.97 Å². The number of ether oxygens (including phenoxy) is 1. The van der Waals surface area contributed by atoms with Gasteiger partial charge in [-0.1, -0.05) is 18.2 Å². The molecule has 3 aromatic rings. The number of benzene rings is 1. The molecule has 0 aliphatic heterocycles. The third-order valence-corrected chi connectivity index (χ3v) is 3.22. The normalized spacial score (nSPS) is 11.8. The Morgan fingerprint density at radius 2 is 2.05 bits per heavy atom. The number of hydrogen-bond donors (Lipinski definition) is 1. The van der Waals surface area contributed by atoms with Crippen LogP contribution in [0, 0.1) is 6.92 Å². The first-order valence-electron chi connectivity index (χ1n) is 7.09. The molecule has 1 N–H and O–H groups in total. The number of furan rings is 1. The molecule has 0 bridgehead atoms. The highest BCUT2D eigenvalue weighted by Crippen LogP contribution is 2.30. The van der Waals surface area contributed by atoms with Crippen molar-refractivity contribution in [3.63, 3.8) is 0 Å². The lowest BCUT2D eigenvalue weighted by atomic mass is 10.1. The highest BCUT2D eigenvalue weighted by atomic mass is 16.5. The average molecular weight is 298 g/mol. The van der Waals surface area contributed by atoms with Crippen molar-refractivity contribution in [1.29, 1.82) is 0 Å². The Morgan fingerprint density at radius 3 is 2.77 bits per heavy atom. The third kappa shape index (κ3) is 2.94. The summed E-state index contributed by atoms with van der Waals surface area (Å²) in [6, 6.07) is 7.80. The van der Waals surface area contributed by atoms with Crippen molar-refractivity contribution in [2.75, 3.05) is 6.61 Å². The van der Waals surface area contributed by atoms with Crippen LogP contribution in [0.1, 0.15) is 19.5 Å². The zero-order chi connectivity index (χ0) is 15.7. The largest absolute Gasteiger partial charge is 0.473 e. The van der Waals surface area contributed by atoms with Gasteiger partial charge in [0.25, 0.3) is 0 Å². The molecule has 0 aliphatic carbocycles. The van der Waals surface area contributed by atoms with Gasteiger partial charge in [0.1, 0.15) is 24.1 Å². The molecule has 2 heterocycles. The molecule has 0 aliphatic rings. The van der Waals surface area contributed by atoms with Crippen LogP contribution in [0.2, 0.25) is 0 Å². The van der Waals surface area contributed by atoms with E-state index < -0.39 is 5.60 Å². The molecule has 0 radical (unpaired) electrons. The van der Waals surface area contributed by atoms with E-state index in [4.69, 9.17) is 9.15 Å². The smallest absolute Gasteiger partial charge is 0.235 e. The van der Waals surface area contributed by atoms with Crippen LogP contribution in [0.5, 0.6) is 5.88 Å². The lowest BCUT2D eigenvalue weighted by Crippen LogP contribution is -2.28. The molecule has 5 heteroatoms. The van der Waals surface area contributed by atoms with Crippen LogP contribution >= 0.6 is 0 Å². The standard InChI is InChI=1S/C17H18N2O3/c1-11-16(22-10-17(2,3)20)18-8-14(19-11)13-9-21-15-7-5-4-6-12(13)15/h4-9,20H,10H2,1-3H3. The predicted molar refractivity (Wildman–Crippen MR) is 83.8 cm³/mol. The number of para-hydroxylation sites is 1. The Kier molecular flexibility index (Phi) is 3.58. The molecule has 3 rings (SSSR count). The van der Waals surface area contributed by atoms with Gasteiger partial charge < -0.3 is 14.3 Å². The fourth-order valence-electron chi connectivity index (χ4n) is 2.16. The maximum Gasteiger partial charge on any atom is 0.235 e.